The summed E-state index contributed by atoms with van der Waals surface area (Å²) in [6.07, 6.45) is 0.377. The maximum atomic E-state index is 12.1. The number of carbonyl (C=O) groups excluding carboxylic acids is 2. The summed E-state index contributed by atoms with van der Waals surface area (Å²) in [6.45, 7) is 5.63. The number of carboxylic acids is 1. The molecule has 22 heavy (non-hydrogen) atoms. The summed E-state index contributed by atoms with van der Waals surface area (Å²) in [7, 11) is 0. The third kappa shape index (κ3) is 5.95. The van der Waals surface area contributed by atoms with E-state index in [-0.39, 0.29) is 11.8 Å². The van der Waals surface area contributed by atoms with Crippen molar-refractivity contribution in [1.29, 1.82) is 0 Å². The fourth-order valence-electron chi connectivity index (χ4n) is 1.93. The molecule has 1 unspecified atom stereocenters. The van der Waals surface area contributed by atoms with E-state index in [1.165, 1.54) is 6.92 Å². The van der Waals surface area contributed by atoms with Crippen molar-refractivity contribution >= 4 is 17.8 Å². The van der Waals surface area contributed by atoms with Crippen LogP contribution in [0, 0.1) is 5.92 Å². The van der Waals surface area contributed by atoms with Crippen molar-refractivity contribution in [2.45, 2.75) is 39.8 Å². The molecule has 6 heteroatoms. The highest BCUT2D eigenvalue weighted by Gasteiger charge is 2.21. The van der Waals surface area contributed by atoms with Crippen LogP contribution in [-0.4, -0.2) is 28.9 Å². The van der Waals surface area contributed by atoms with Gasteiger partial charge in [-0.25, -0.2) is 4.79 Å². The van der Waals surface area contributed by atoms with E-state index in [1.807, 2.05) is 13.8 Å². The van der Waals surface area contributed by atoms with E-state index < -0.39 is 17.9 Å². The number of aliphatic carboxylic acids is 1. The molecule has 0 aliphatic carbocycles. The van der Waals surface area contributed by atoms with Gasteiger partial charge in [0.1, 0.15) is 6.04 Å². The summed E-state index contributed by atoms with van der Waals surface area (Å²) >= 11 is 0. The highest BCUT2D eigenvalue weighted by atomic mass is 16.4. The molecule has 3 N–H and O–H groups in total. The molecule has 0 saturated heterocycles. The van der Waals surface area contributed by atoms with E-state index in [4.69, 9.17) is 5.11 Å². The molecule has 120 valence electrons. The molecule has 0 aliphatic rings. The quantitative estimate of drug-likeness (QED) is 0.712. The SMILES string of the molecule is CC(=O)NCc1ccc(C(=O)NC(CC(C)C)C(=O)O)cc1. The van der Waals surface area contributed by atoms with E-state index in [0.717, 1.165) is 5.56 Å². The Kier molecular flexibility index (Phi) is 6.56. The first-order valence-electron chi connectivity index (χ1n) is 7.16. The number of hydrogen-bond donors (Lipinski definition) is 3. The normalized spacial score (nSPS) is 11.8. The number of amides is 2. The highest BCUT2D eigenvalue weighted by Crippen LogP contribution is 2.08. The molecule has 1 atom stereocenters. The molecule has 2 amide bonds. The molecule has 0 aromatic heterocycles. The average molecular weight is 306 g/mol. The first-order chi connectivity index (χ1) is 10.3. The number of benzene rings is 1. The van der Waals surface area contributed by atoms with Crippen molar-refractivity contribution in [3.63, 3.8) is 0 Å². The van der Waals surface area contributed by atoms with Crippen LogP contribution in [-0.2, 0) is 16.1 Å². The predicted molar refractivity (Wildman–Crippen MR) is 82.3 cm³/mol. The minimum atomic E-state index is -1.04. The Labute approximate surface area is 129 Å². The van der Waals surface area contributed by atoms with Gasteiger partial charge in [0, 0.05) is 19.0 Å². The summed E-state index contributed by atoms with van der Waals surface area (Å²) in [5.74, 6) is -1.41. The Morgan fingerprint density at radius 3 is 2.18 bits per heavy atom. The lowest BCUT2D eigenvalue weighted by atomic mass is 10.0. The van der Waals surface area contributed by atoms with Crippen LogP contribution in [0.3, 0.4) is 0 Å². The summed E-state index contributed by atoms with van der Waals surface area (Å²) in [5.41, 5.74) is 1.25. The summed E-state index contributed by atoms with van der Waals surface area (Å²) < 4.78 is 0. The Balaban J connectivity index is 2.68. The molecule has 1 rings (SSSR count). The van der Waals surface area contributed by atoms with Crippen LogP contribution < -0.4 is 10.6 Å². The molecule has 0 spiro atoms. The molecule has 0 radical (unpaired) electrons. The van der Waals surface area contributed by atoms with Crippen molar-refractivity contribution in [2.24, 2.45) is 5.92 Å². The number of nitrogens with one attached hydrogen (secondary N) is 2. The van der Waals surface area contributed by atoms with Crippen LogP contribution in [0.25, 0.3) is 0 Å². The maximum absolute atomic E-state index is 12.1. The lowest BCUT2D eigenvalue weighted by Gasteiger charge is -2.16. The van der Waals surface area contributed by atoms with Gasteiger partial charge in [-0.3, -0.25) is 9.59 Å². The molecular weight excluding hydrogens is 284 g/mol. The third-order valence-electron chi connectivity index (χ3n) is 3.07. The Hall–Kier alpha value is -2.37. The van der Waals surface area contributed by atoms with Gasteiger partial charge in [-0.15, -0.1) is 0 Å². The molecule has 0 bridgehead atoms. The summed E-state index contributed by atoms with van der Waals surface area (Å²) in [6, 6.07) is 5.78. The molecule has 1 aromatic rings. The topological polar surface area (TPSA) is 95.5 Å². The summed E-state index contributed by atoms with van der Waals surface area (Å²) in [5, 5.41) is 14.3. The number of carbonyl (C=O) groups is 3. The van der Waals surface area contributed by atoms with E-state index in [1.54, 1.807) is 24.3 Å². The second kappa shape index (κ2) is 8.17. The van der Waals surface area contributed by atoms with Gasteiger partial charge in [-0.2, -0.15) is 0 Å². The summed E-state index contributed by atoms with van der Waals surface area (Å²) in [4.78, 5) is 34.1. The van der Waals surface area contributed by atoms with Crippen molar-refractivity contribution in [1.82, 2.24) is 10.6 Å². The minimum absolute atomic E-state index is 0.125. The minimum Gasteiger partial charge on any atom is -0.480 e. The number of hydrogen-bond acceptors (Lipinski definition) is 3. The average Bonchev–Trinajstić information content (AvgIpc) is 2.44. The second-order valence-electron chi connectivity index (χ2n) is 5.60. The van der Waals surface area contributed by atoms with Gasteiger partial charge >= 0.3 is 5.97 Å². The van der Waals surface area contributed by atoms with Gasteiger partial charge in [0.05, 0.1) is 0 Å². The maximum Gasteiger partial charge on any atom is 0.326 e. The lowest BCUT2D eigenvalue weighted by molar-refractivity contribution is -0.139. The first-order valence-corrected chi connectivity index (χ1v) is 7.16. The van der Waals surface area contributed by atoms with Crippen LogP contribution >= 0.6 is 0 Å². The largest absolute Gasteiger partial charge is 0.480 e. The van der Waals surface area contributed by atoms with E-state index in [9.17, 15) is 14.4 Å². The molecule has 0 fully saturated rings. The molecule has 6 nitrogen and oxygen atoms in total. The van der Waals surface area contributed by atoms with Crippen LogP contribution in [0.5, 0.6) is 0 Å². The fourth-order valence-corrected chi connectivity index (χ4v) is 1.93. The molecule has 1 aromatic carbocycles. The number of carboxylic acid groups (broad SMARTS) is 1. The molecule has 0 saturated carbocycles. The Bertz CT molecular complexity index is 538. The van der Waals surface area contributed by atoms with Gasteiger partial charge in [0.25, 0.3) is 5.91 Å². The standard InChI is InChI=1S/C16H22N2O4/c1-10(2)8-14(16(21)22)18-15(20)13-6-4-12(5-7-13)9-17-11(3)19/h4-7,10,14H,8-9H2,1-3H3,(H,17,19)(H,18,20)(H,21,22). The third-order valence-corrected chi connectivity index (χ3v) is 3.07. The van der Waals surface area contributed by atoms with Gasteiger partial charge in [-0.1, -0.05) is 26.0 Å². The number of rotatable bonds is 7. The predicted octanol–water partition coefficient (Wildman–Crippen LogP) is 1.55. The second-order valence-corrected chi connectivity index (χ2v) is 5.60. The van der Waals surface area contributed by atoms with Crippen LogP contribution in [0.15, 0.2) is 24.3 Å². The van der Waals surface area contributed by atoms with Crippen molar-refractivity contribution in [3.8, 4) is 0 Å². The Morgan fingerprint density at radius 2 is 1.73 bits per heavy atom. The molecular formula is C16H22N2O4. The monoisotopic (exact) mass is 306 g/mol. The van der Waals surface area contributed by atoms with Crippen LogP contribution in [0.2, 0.25) is 0 Å². The first kappa shape index (κ1) is 17.7. The van der Waals surface area contributed by atoms with Crippen molar-refractivity contribution in [2.75, 3.05) is 0 Å². The van der Waals surface area contributed by atoms with Crippen LogP contribution in [0.4, 0.5) is 0 Å². The van der Waals surface area contributed by atoms with Gasteiger partial charge in [-0.05, 0) is 30.0 Å². The zero-order valence-corrected chi connectivity index (χ0v) is 13.1. The fraction of sp³-hybridized carbons (Fsp3) is 0.438. The van der Waals surface area contributed by atoms with Gasteiger partial charge in [0.15, 0.2) is 0 Å². The zero-order chi connectivity index (χ0) is 16.7. The van der Waals surface area contributed by atoms with Crippen molar-refractivity contribution < 1.29 is 19.5 Å². The smallest absolute Gasteiger partial charge is 0.326 e. The van der Waals surface area contributed by atoms with Gasteiger partial charge < -0.3 is 15.7 Å². The van der Waals surface area contributed by atoms with E-state index >= 15 is 0 Å². The van der Waals surface area contributed by atoms with Crippen LogP contribution in [0.1, 0.15) is 43.1 Å². The van der Waals surface area contributed by atoms with Gasteiger partial charge in [0.2, 0.25) is 5.91 Å². The van der Waals surface area contributed by atoms with E-state index in [0.29, 0.717) is 18.5 Å². The van der Waals surface area contributed by atoms with E-state index in [2.05, 4.69) is 10.6 Å². The highest BCUT2D eigenvalue weighted by molar-refractivity contribution is 5.96. The Morgan fingerprint density at radius 1 is 1.14 bits per heavy atom. The van der Waals surface area contributed by atoms with Crippen molar-refractivity contribution in [3.05, 3.63) is 35.4 Å². The zero-order valence-electron chi connectivity index (χ0n) is 13.1. The lowest BCUT2D eigenvalue weighted by Crippen LogP contribution is -2.41. The molecule has 0 aliphatic heterocycles. The molecule has 0 heterocycles.